The monoisotopic (exact) mass is 261 g/mol. The SMILES string of the molecule is CCOC(=O)c1cc(C#CCCN=[N+]=[N-])ccc1F. The number of esters is 1. The second kappa shape index (κ2) is 7.75. The third-order valence-corrected chi connectivity index (χ3v) is 2.09. The van der Waals surface area contributed by atoms with E-state index in [4.69, 9.17) is 10.3 Å². The van der Waals surface area contributed by atoms with Crippen LogP contribution in [0.4, 0.5) is 4.39 Å². The van der Waals surface area contributed by atoms with Gasteiger partial charge in [0.2, 0.25) is 0 Å². The summed E-state index contributed by atoms with van der Waals surface area (Å²) in [4.78, 5) is 14.1. The molecule has 0 saturated heterocycles. The van der Waals surface area contributed by atoms with Gasteiger partial charge in [-0.25, -0.2) is 9.18 Å². The Morgan fingerprint density at radius 2 is 2.37 bits per heavy atom. The Hall–Kier alpha value is -2.51. The minimum absolute atomic E-state index is 0.135. The van der Waals surface area contributed by atoms with Crippen molar-refractivity contribution >= 4 is 5.97 Å². The van der Waals surface area contributed by atoms with E-state index in [1.165, 1.54) is 18.2 Å². The molecule has 0 spiro atoms. The number of hydrogen-bond donors (Lipinski definition) is 0. The van der Waals surface area contributed by atoms with Gasteiger partial charge < -0.3 is 4.74 Å². The number of halogens is 1. The fraction of sp³-hybridized carbons (Fsp3) is 0.308. The maximum absolute atomic E-state index is 13.4. The van der Waals surface area contributed by atoms with Crippen molar-refractivity contribution in [1.29, 1.82) is 0 Å². The lowest BCUT2D eigenvalue weighted by Crippen LogP contribution is -2.07. The van der Waals surface area contributed by atoms with Crippen molar-refractivity contribution in [2.24, 2.45) is 5.11 Å². The lowest BCUT2D eigenvalue weighted by atomic mass is 10.1. The van der Waals surface area contributed by atoms with Crippen LogP contribution in [0.2, 0.25) is 0 Å². The summed E-state index contributed by atoms with van der Waals surface area (Å²) in [7, 11) is 0. The van der Waals surface area contributed by atoms with Gasteiger partial charge in [-0.2, -0.15) is 0 Å². The van der Waals surface area contributed by atoms with E-state index in [0.29, 0.717) is 12.0 Å². The lowest BCUT2D eigenvalue weighted by molar-refractivity contribution is 0.0521. The minimum atomic E-state index is -0.710. The number of hydrogen-bond acceptors (Lipinski definition) is 3. The number of rotatable bonds is 4. The molecule has 5 nitrogen and oxygen atoms in total. The van der Waals surface area contributed by atoms with E-state index in [0.717, 1.165) is 0 Å². The molecule has 1 aromatic rings. The van der Waals surface area contributed by atoms with E-state index in [1.54, 1.807) is 6.92 Å². The van der Waals surface area contributed by atoms with Gasteiger partial charge in [-0.15, -0.1) is 0 Å². The average Bonchev–Trinajstić information content (AvgIpc) is 2.40. The van der Waals surface area contributed by atoms with Crippen LogP contribution in [0.5, 0.6) is 0 Å². The summed E-state index contributed by atoms with van der Waals surface area (Å²) < 4.78 is 18.2. The Labute approximate surface area is 110 Å². The van der Waals surface area contributed by atoms with Gasteiger partial charge in [0.15, 0.2) is 0 Å². The largest absolute Gasteiger partial charge is 0.462 e. The molecule has 0 fully saturated rings. The molecule has 0 N–H and O–H groups in total. The van der Waals surface area contributed by atoms with Gasteiger partial charge in [-0.05, 0) is 30.7 Å². The third-order valence-electron chi connectivity index (χ3n) is 2.09. The highest BCUT2D eigenvalue weighted by molar-refractivity contribution is 5.90. The van der Waals surface area contributed by atoms with Crippen molar-refractivity contribution in [2.75, 3.05) is 13.2 Å². The molecule has 0 amide bonds. The molecule has 0 radical (unpaired) electrons. The molecule has 0 saturated carbocycles. The molecule has 0 unspecified atom stereocenters. The normalized spacial score (nSPS) is 8.95. The highest BCUT2D eigenvalue weighted by atomic mass is 19.1. The van der Waals surface area contributed by atoms with Gasteiger partial charge >= 0.3 is 5.97 Å². The number of carbonyl (C=O) groups is 1. The summed E-state index contributed by atoms with van der Waals surface area (Å²) in [5, 5.41) is 3.33. The maximum atomic E-state index is 13.4. The summed E-state index contributed by atoms with van der Waals surface area (Å²) >= 11 is 0. The van der Waals surface area contributed by atoms with Crippen LogP contribution in [-0.2, 0) is 4.74 Å². The first-order valence-electron chi connectivity index (χ1n) is 5.65. The highest BCUT2D eigenvalue weighted by Gasteiger charge is 2.12. The second-order valence-electron chi connectivity index (χ2n) is 3.42. The topological polar surface area (TPSA) is 75.1 Å². The zero-order valence-electron chi connectivity index (χ0n) is 10.4. The van der Waals surface area contributed by atoms with Crippen LogP contribution in [0, 0.1) is 17.7 Å². The lowest BCUT2D eigenvalue weighted by Gasteiger charge is -2.03. The molecular formula is C13H12FN3O2. The molecule has 0 bridgehead atoms. The molecule has 0 heterocycles. The van der Waals surface area contributed by atoms with Crippen LogP contribution in [0.25, 0.3) is 10.4 Å². The molecule has 0 aliphatic rings. The molecule has 0 aliphatic carbocycles. The van der Waals surface area contributed by atoms with Crippen molar-refractivity contribution in [3.8, 4) is 11.8 Å². The molecule has 1 rings (SSSR count). The van der Waals surface area contributed by atoms with E-state index in [2.05, 4.69) is 21.9 Å². The number of benzene rings is 1. The quantitative estimate of drug-likeness (QED) is 0.208. The predicted molar refractivity (Wildman–Crippen MR) is 67.9 cm³/mol. The van der Waals surface area contributed by atoms with Crippen LogP contribution >= 0.6 is 0 Å². The van der Waals surface area contributed by atoms with Crippen molar-refractivity contribution < 1.29 is 13.9 Å². The third kappa shape index (κ3) is 4.70. The zero-order valence-corrected chi connectivity index (χ0v) is 10.4. The highest BCUT2D eigenvalue weighted by Crippen LogP contribution is 2.11. The van der Waals surface area contributed by atoms with Crippen molar-refractivity contribution in [3.05, 3.63) is 45.6 Å². The fourth-order valence-electron chi connectivity index (χ4n) is 1.28. The van der Waals surface area contributed by atoms with Crippen LogP contribution < -0.4 is 0 Å². The number of nitrogens with zero attached hydrogens (tertiary/aromatic N) is 3. The van der Waals surface area contributed by atoms with Gasteiger partial charge in [0.05, 0.1) is 12.2 Å². The summed E-state index contributed by atoms with van der Waals surface area (Å²) in [6.45, 7) is 2.10. The predicted octanol–water partition coefficient (Wildman–Crippen LogP) is 3.05. The Bertz CT molecular complexity index is 569. The van der Waals surface area contributed by atoms with Gasteiger partial charge in [0.25, 0.3) is 0 Å². The summed E-state index contributed by atoms with van der Waals surface area (Å²) in [5.41, 5.74) is 8.45. The van der Waals surface area contributed by atoms with Gasteiger partial charge in [0.1, 0.15) is 5.82 Å². The Morgan fingerprint density at radius 3 is 3.05 bits per heavy atom. The standard InChI is InChI=1S/C13H12FN3O2/c1-2-19-13(18)11-9-10(6-7-12(11)14)5-3-4-8-16-17-15/h6-7,9H,2,4,8H2,1H3. The minimum Gasteiger partial charge on any atom is -0.462 e. The molecule has 6 heteroatoms. The molecular weight excluding hydrogens is 249 g/mol. The van der Waals surface area contributed by atoms with Crippen molar-refractivity contribution in [3.63, 3.8) is 0 Å². The summed E-state index contributed by atoms with van der Waals surface area (Å²) in [5.74, 6) is 4.17. The van der Waals surface area contributed by atoms with E-state index < -0.39 is 11.8 Å². The van der Waals surface area contributed by atoms with Crippen LogP contribution in [0.3, 0.4) is 0 Å². The zero-order chi connectivity index (χ0) is 14.1. The summed E-state index contributed by atoms with van der Waals surface area (Å²) in [6.07, 6.45) is 0.399. The number of ether oxygens (including phenoxy) is 1. The molecule has 0 aromatic heterocycles. The molecule has 0 atom stereocenters. The van der Waals surface area contributed by atoms with E-state index >= 15 is 0 Å². The van der Waals surface area contributed by atoms with Crippen LogP contribution in [-0.4, -0.2) is 19.1 Å². The average molecular weight is 261 g/mol. The first kappa shape index (κ1) is 14.6. The summed E-state index contributed by atoms with van der Waals surface area (Å²) in [6, 6.07) is 3.98. The van der Waals surface area contributed by atoms with Crippen LogP contribution in [0.1, 0.15) is 29.3 Å². The van der Waals surface area contributed by atoms with Gasteiger partial charge in [-0.3, -0.25) is 0 Å². The molecule has 1 aromatic carbocycles. The van der Waals surface area contributed by atoms with Gasteiger partial charge in [-0.1, -0.05) is 17.0 Å². The Kier molecular flexibility index (Phi) is 5.93. The number of azide groups is 1. The van der Waals surface area contributed by atoms with Crippen molar-refractivity contribution in [2.45, 2.75) is 13.3 Å². The van der Waals surface area contributed by atoms with E-state index in [1.807, 2.05) is 0 Å². The second-order valence-corrected chi connectivity index (χ2v) is 3.42. The first-order valence-corrected chi connectivity index (χ1v) is 5.65. The maximum Gasteiger partial charge on any atom is 0.341 e. The molecule has 0 aliphatic heterocycles. The Balaban J connectivity index is 2.83. The smallest absolute Gasteiger partial charge is 0.341 e. The Morgan fingerprint density at radius 1 is 1.58 bits per heavy atom. The van der Waals surface area contributed by atoms with Crippen molar-refractivity contribution in [1.82, 2.24) is 0 Å². The van der Waals surface area contributed by atoms with E-state index in [-0.39, 0.29) is 18.7 Å². The molecule has 19 heavy (non-hydrogen) atoms. The fourth-order valence-corrected chi connectivity index (χ4v) is 1.28. The van der Waals surface area contributed by atoms with E-state index in [9.17, 15) is 9.18 Å². The van der Waals surface area contributed by atoms with Crippen LogP contribution in [0.15, 0.2) is 23.3 Å². The number of carbonyl (C=O) groups excluding carboxylic acids is 1. The van der Waals surface area contributed by atoms with Gasteiger partial charge in [0, 0.05) is 23.4 Å². The molecule has 98 valence electrons. The first-order chi connectivity index (χ1) is 9.19.